The summed E-state index contributed by atoms with van der Waals surface area (Å²) < 4.78 is 1.03. The second-order valence-electron chi connectivity index (χ2n) is 5.63. The summed E-state index contributed by atoms with van der Waals surface area (Å²) in [5.74, 6) is 0.0558. The first-order valence-electron chi connectivity index (χ1n) is 7.60. The van der Waals surface area contributed by atoms with Crippen LogP contribution in [-0.4, -0.2) is 43.0 Å². The molecule has 0 spiro atoms. The number of nitrogens with one attached hydrogen (secondary N) is 2. The molecule has 2 N–H and O–H groups in total. The first-order valence-corrected chi connectivity index (χ1v) is 8.39. The van der Waals surface area contributed by atoms with Crippen molar-refractivity contribution in [2.75, 3.05) is 31.5 Å². The number of likely N-dealkylation sites (N-methyl/N-ethyl adjacent to an activating group) is 1. The molecule has 1 heterocycles. The van der Waals surface area contributed by atoms with Crippen molar-refractivity contribution in [2.45, 2.75) is 32.7 Å². The van der Waals surface area contributed by atoms with E-state index in [0.717, 1.165) is 35.4 Å². The molecule has 0 aromatic heterocycles. The molecule has 2 rings (SSSR count). The summed E-state index contributed by atoms with van der Waals surface area (Å²) in [5.41, 5.74) is 1.96. The summed E-state index contributed by atoms with van der Waals surface area (Å²) in [6.45, 7) is 7.50. The fraction of sp³-hybridized carbons (Fsp3) is 0.562. The zero-order valence-corrected chi connectivity index (χ0v) is 14.4. The van der Waals surface area contributed by atoms with Crippen LogP contribution in [0.3, 0.4) is 0 Å². The van der Waals surface area contributed by atoms with Gasteiger partial charge >= 0.3 is 0 Å². The van der Waals surface area contributed by atoms with Crippen molar-refractivity contribution >= 4 is 27.5 Å². The Hall–Kier alpha value is -0.910. The van der Waals surface area contributed by atoms with Gasteiger partial charge in [-0.25, -0.2) is 0 Å². The molecule has 1 atom stereocenters. The quantitative estimate of drug-likeness (QED) is 0.826. The Morgan fingerprint density at radius 1 is 1.52 bits per heavy atom. The minimum Gasteiger partial charge on any atom is -0.325 e. The van der Waals surface area contributed by atoms with Crippen LogP contribution in [0.1, 0.15) is 25.3 Å². The molecule has 1 amide bonds. The lowest BCUT2D eigenvalue weighted by Crippen LogP contribution is -2.41. The third kappa shape index (κ3) is 5.09. The lowest BCUT2D eigenvalue weighted by molar-refractivity contribution is -0.117. The number of aryl methyl sites for hydroxylation is 1. The van der Waals surface area contributed by atoms with Crippen molar-refractivity contribution in [1.82, 2.24) is 10.2 Å². The molecule has 21 heavy (non-hydrogen) atoms. The van der Waals surface area contributed by atoms with Gasteiger partial charge in [0, 0.05) is 22.7 Å². The standard InChI is InChI=1S/C16H24BrN3O/c1-3-20(10-14-5-4-8-18-14)11-16(21)19-15-7-6-13(17)9-12(15)2/h6-7,9,14,18H,3-5,8,10-11H2,1-2H3,(H,19,21). The molecular formula is C16H24BrN3O. The Labute approximate surface area is 135 Å². The molecule has 0 bridgehead atoms. The Bertz CT molecular complexity index is 486. The van der Waals surface area contributed by atoms with Crippen LogP contribution >= 0.6 is 15.9 Å². The lowest BCUT2D eigenvalue weighted by atomic mass is 10.2. The molecule has 1 aliphatic rings. The first-order chi connectivity index (χ1) is 10.1. The summed E-state index contributed by atoms with van der Waals surface area (Å²) in [6, 6.07) is 6.43. The fourth-order valence-corrected chi connectivity index (χ4v) is 3.17. The van der Waals surface area contributed by atoms with E-state index >= 15 is 0 Å². The number of hydrogen-bond donors (Lipinski definition) is 2. The Balaban J connectivity index is 1.86. The van der Waals surface area contributed by atoms with E-state index in [1.165, 1.54) is 12.8 Å². The highest BCUT2D eigenvalue weighted by molar-refractivity contribution is 9.10. The molecule has 5 heteroatoms. The van der Waals surface area contributed by atoms with Crippen LogP contribution in [-0.2, 0) is 4.79 Å². The second-order valence-corrected chi connectivity index (χ2v) is 6.54. The maximum atomic E-state index is 12.2. The van der Waals surface area contributed by atoms with Gasteiger partial charge in [0.25, 0.3) is 0 Å². The number of anilines is 1. The van der Waals surface area contributed by atoms with Gasteiger partial charge in [0.1, 0.15) is 0 Å². The van der Waals surface area contributed by atoms with Crippen LogP contribution in [0.25, 0.3) is 0 Å². The van der Waals surface area contributed by atoms with Gasteiger partial charge in [-0.15, -0.1) is 0 Å². The van der Waals surface area contributed by atoms with E-state index in [9.17, 15) is 4.79 Å². The van der Waals surface area contributed by atoms with E-state index in [2.05, 4.69) is 38.4 Å². The number of carbonyl (C=O) groups is 1. The highest BCUT2D eigenvalue weighted by Gasteiger charge is 2.18. The smallest absolute Gasteiger partial charge is 0.238 e. The zero-order chi connectivity index (χ0) is 15.2. The summed E-state index contributed by atoms with van der Waals surface area (Å²) in [5, 5.41) is 6.49. The van der Waals surface area contributed by atoms with Crippen molar-refractivity contribution in [2.24, 2.45) is 0 Å². The first kappa shape index (κ1) is 16.5. The van der Waals surface area contributed by atoms with Crippen molar-refractivity contribution in [3.63, 3.8) is 0 Å². The van der Waals surface area contributed by atoms with Gasteiger partial charge in [0.15, 0.2) is 0 Å². The largest absolute Gasteiger partial charge is 0.325 e. The minimum absolute atomic E-state index is 0.0558. The van der Waals surface area contributed by atoms with Crippen molar-refractivity contribution in [3.05, 3.63) is 28.2 Å². The molecule has 0 saturated carbocycles. The molecule has 1 fully saturated rings. The number of carbonyl (C=O) groups excluding carboxylic acids is 1. The summed E-state index contributed by atoms with van der Waals surface area (Å²) in [7, 11) is 0. The SMILES string of the molecule is CCN(CC(=O)Nc1ccc(Br)cc1C)CC1CCCN1. The van der Waals surface area contributed by atoms with Gasteiger partial charge in [-0.2, -0.15) is 0 Å². The van der Waals surface area contributed by atoms with E-state index < -0.39 is 0 Å². The van der Waals surface area contributed by atoms with Gasteiger partial charge in [0.05, 0.1) is 6.54 Å². The highest BCUT2D eigenvalue weighted by Crippen LogP contribution is 2.20. The second kappa shape index (κ2) is 7.92. The Morgan fingerprint density at radius 2 is 2.33 bits per heavy atom. The van der Waals surface area contributed by atoms with Crippen LogP contribution in [0.2, 0.25) is 0 Å². The molecule has 1 aliphatic heterocycles. The fourth-order valence-electron chi connectivity index (χ4n) is 2.69. The van der Waals surface area contributed by atoms with Gasteiger partial charge in [-0.05, 0) is 56.6 Å². The van der Waals surface area contributed by atoms with Gasteiger partial charge < -0.3 is 10.6 Å². The number of benzene rings is 1. The van der Waals surface area contributed by atoms with Crippen LogP contribution in [0.15, 0.2) is 22.7 Å². The third-order valence-electron chi connectivity index (χ3n) is 3.92. The number of rotatable bonds is 6. The topological polar surface area (TPSA) is 44.4 Å². The normalized spacial score (nSPS) is 18.2. The third-order valence-corrected chi connectivity index (χ3v) is 4.41. The van der Waals surface area contributed by atoms with Crippen LogP contribution in [0.4, 0.5) is 5.69 Å². The van der Waals surface area contributed by atoms with Crippen LogP contribution in [0, 0.1) is 6.92 Å². The van der Waals surface area contributed by atoms with Gasteiger partial charge in [0.2, 0.25) is 5.91 Å². The molecule has 4 nitrogen and oxygen atoms in total. The van der Waals surface area contributed by atoms with Crippen molar-refractivity contribution in [1.29, 1.82) is 0 Å². The van der Waals surface area contributed by atoms with E-state index in [4.69, 9.17) is 0 Å². The van der Waals surface area contributed by atoms with Gasteiger partial charge in [-0.1, -0.05) is 22.9 Å². The number of amides is 1. The van der Waals surface area contributed by atoms with E-state index in [-0.39, 0.29) is 5.91 Å². The molecule has 1 aromatic rings. The van der Waals surface area contributed by atoms with Crippen LogP contribution < -0.4 is 10.6 Å². The summed E-state index contributed by atoms with van der Waals surface area (Å²) >= 11 is 3.43. The lowest BCUT2D eigenvalue weighted by Gasteiger charge is -2.23. The van der Waals surface area contributed by atoms with E-state index in [1.54, 1.807) is 0 Å². The molecular weight excluding hydrogens is 330 g/mol. The molecule has 1 saturated heterocycles. The molecule has 0 radical (unpaired) electrons. The number of halogens is 1. The molecule has 116 valence electrons. The Morgan fingerprint density at radius 3 is 2.95 bits per heavy atom. The summed E-state index contributed by atoms with van der Waals surface area (Å²) in [6.07, 6.45) is 2.45. The molecule has 1 aromatic carbocycles. The maximum absolute atomic E-state index is 12.2. The monoisotopic (exact) mass is 353 g/mol. The minimum atomic E-state index is 0.0558. The van der Waals surface area contributed by atoms with Gasteiger partial charge in [-0.3, -0.25) is 9.69 Å². The average molecular weight is 354 g/mol. The predicted octanol–water partition coefficient (Wildman–Crippen LogP) is 2.77. The van der Waals surface area contributed by atoms with E-state index in [0.29, 0.717) is 12.6 Å². The number of hydrogen-bond acceptors (Lipinski definition) is 3. The molecule has 0 aliphatic carbocycles. The van der Waals surface area contributed by atoms with Crippen LogP contribution in [0.5, 0.6) is 0 Å². The number of nitrogens with zero attached hydrogens (tertiary/aromatic N) is 1. The van der Waals surface area contributed by atoms with Crippen molar-refractivity contribution < 1.29 is 4.79 Å². The van der Waals surface area contributed by atoms with E-state index in [1.807, 2.05) is 25.1 Å². The summed E-state index contributed by atoms with van der Waals surface area (Å²) in [4.78, 5) is 14.4. The molecule has 1 unspecified atom stereocenters. The predicted molar refractivity (Wildman–Crippen MR) is 90.6 cm³/mol. The Kier molecular flexibility index (Phi) is 6.21. The maximum Gasteiger partial charge on any atom is 0.238 e. The average Bonchev–Trinajstić information content (AvgIpc) is 2.94. The van der Waals surface area contributed by atoms with Crippen molar-refractivity contribution in [3.8, 4) is 0 Å². The highest BCUT2D eigenvalue weighted by atomic mass is 79.9. The zero-order valence-electron chi connectivity index (χ0n) is 12.8.